The third kappa shape index (κ3) is 6.15. The summed E-state index contributed by atoms with van der Waals surface area (Å²) in [6, 6.07) is 5.58. The standard InChI is InChI=1S/C21H28N8O2.C2H6.H2S.H2/c1-14(2)21-17(27-8-7-16(11-27)26(3)4)9-20(31)29(25-21)12-19(30)23-15-5-6-18-24-22-13-28(18)10-15;1-2;;/h5-6,9-10,13-14,16H,7-8,11-12H2,1-4H3,(H,23,30);1-2H3;1H2;1H/t16-;;;/m0.../s1. The number of aromatic nitrogens is 5. The van der Waals surface area contributed by atoms with Crippen LogP contribution < -0.4 is 15.8 Å². The van der Waals surface area contributed by atoms with Gasteiger partial charge in [-0.15, -0.1) is 10.2 Å². The Kier molecular flexibility index (Phi) is 9.63. The molecule has 1 amide bonds. The molecule has 1 saturated heterocycles. The van der Waals surface area contributed by atoms with Crippen molar-refractivity contribution in [1.82, 2.24) is 29.3 Å². The number of fused-ring (bicyclic) bond motifs is 1. The van der Waals surface area contributed by atoms with Gasteiger partial charge >= 0.3 is 0 Å². The number of likely N-dealkylation sites (N-methyl/N-ethyl adjacent to an activating group) is 1. The Morgan fingerprint density at radius 1 is 1.29 bits per heavy atom. The number of carbonyl (C=O) groups is 1. The fourth-order valence-electron chi connectivity index (χ4n) is 3.89. The molecule has 34 heavy (non-hydrogen) atoms. The molecular formula is C23H38N8O2S. The van der Waals surface area contributed by atoms with E-state index in [-0.39, 0.29) is 38.9 Å². The summed E-state index contributed by atoms with van der Waals surface area (Å²) in [7, 11) is 4.15. The van der Waals surface area contributed by atoms with Gasteiger partial charge in [0.15, 0.2) is 5.65 Å². The van der Waals surface area contributed by atoms with E-state index in [1.807, 2.05) is 13.8 Å². The summed E-state index contributed by atoms with van der Waals surface area (Å²) < 4.78 is 2.95. The first-order valence-corrected chi connectivity index (χ1v) is 11.4. The third-order valence-electron chi connectivity index (χ3n) is 5.65. The van der Waals surface area contributed by atoms with Crippen LogP contribution in [0.4, 0.5) is 11.4 Å². The lowest BCUT2D eigenvalue weighted by Crippen LogP contribution is -2.35. The van der Waals surface area contributed by atoms with Crippen LogP contribution in [-0.2, 0) is 11.3 Å². The number of amides is 1. The molecule has 3 aromatic rings. The minimum atomic E-state index is -0.321. The van der Waals surface area contributed by atoms with Crippen LogP contribution in [0.2, 0.25) is 0 Å². The Balaban J connectivity index is 0.00000149. The van der Waals surface area contributed by atoms with E-state index in [2.05, 4.69) is 58.4 Å². The van der Waals surface area contributed by atoms with Crippen molar-refractivity contribution in [3.63, 3.8) is 0 Å². The second kappa shape index (κ2) is 12.0. The highest BCUT2D eigenvalue weighted by Gasteiger charge is 2.27. The largest absolute Gasteiger partial charge is 0.368 e. The maximum absolute atomic E-state index is 12.8. The van der Waals surface area contributed by atoms with Crippen molar-refractivity contribution in [1.29, 1.82) is 0 Å². The molecule has 1 fully saturated rings. The summed E-state index contributed by atoms with van der Waals surface area (Å²) in [6.07, 6.45) is 4.33. The Morgan fingerprint density at radius 3 is 2.68 bits per heavy atom. The molecule has 1 aliphatic heterocycles. The Hall–Kier alpha value is -2.92. The molecule has 0 spiro atoms. The molecule has 4 heterocycles. The van der Waals surface area contributed by atoms with E-state index in [1.165, 1.54) is 4.68 Å². The average Bonchev–Trinajstić information content (AvgIpc) is 3.45. The van der Waals surface area contributed by atoms with Crippen molar-refractivity contribution in [3.8, 4) is 0 Å². The summed E-state index contributed by atoms with van der Waals surface area (Å²) in [5, 5.41) is 15.1. The van der Waals surface area contributed by atoms with E-state index < -0.39 is 0 Å². The van der Waals surface area contributed by atoms with E-state index in [0.717, 1.165) is 30.9 Å². The molecule has 1 N–H and O–H groups in total. The van der Waals surface area contributed by atoms with E-state index in [1.54, 1.807) is 35.1 Å². The van der Waals surface area contributed by atoms with Crippen LogP contribution in [-0.4, -0.2) is 68.4 Å². The topological polar surface area (TPSA) is 101 Å². The number of hydrogen-bond donors (Lipinski definition) is 1. The smallest absolute Gasteiger partial charge is 0.269 e. The monoisotopic (exact) mass is 490 g/mol. The molecule has 10 nitrogen and oxygen atoms in total. The normalized spacial score (nSPS) is 15.3. The molecule has 0 bridgehead atoms. The van der Waals surface area contributed by atoms with Gasteiger partial charge in [-0.2, -0.15) is 18.6 Å². The Morgan fingerprint density at radius 2 is 2.03 bits per heavy atom. The van der Waals surface area contributed by atoms with Crippen molar-refractivity contribution in [2.45, 2.75) is 52.6 Å². The molecule has 0 unspecified atom stereocenters. The van der Waals surface area contributed by atoms with Gasteiger partial charge in [0, 0.05) is 32.8 Å². The molecule has 0 aliphatic carbocycles. The second-order valence-electron chi connectivity index (χ2n) is 8.48. The first-order valence-electron chi connectivity index (χ1n) is 11.4. The SMILES string of the molecule is CC.CC(C)c1nn(CC(=O)Nc2ccc3nncn3c2)c(=O)cc1N1CC[C@H](N(C)C)C1.S.[HH]. The van der Waals surface area contributed by atoms with Crippen molar-refractivity contribution in [3.05, 3.63) is 46.8 Å². The van der Waals surface area contributed by atoms with Gasteiger partial charge in [0.2, 0.25) is 5.91 Å². The lowest BCUT2D eigenvalue weighted by Gasteiger charge is -2.25. The molecule has 0 saturated carbocycles. The summed E-state index contributed by atoms with van der Waals surface area (Å²) in [4.78, 5) is 29.8. The van der Waals surface area contributed by atoms with Gasteiger partial charge in [-0.25, -0.2) is 4.68 Å². The Bertz CT molecular complexity index is 1160. The predicted octanol–water partition coefficient (Wildman–Crippen LogP) is 2.57. The highest BCUT2D eigenvalue weighted by atomic mass is 32.1. The summed E-state index contributed by atoms with van der Waals surface area (Å²) in [5.74, 6) is -0.196. The number of pyridine rings is 1. The molecule has 3 aromatic heterocycles. The van der Waals surface area contributed by atoms with Gasteiger partial charge in [0.1, 0.15) is 12.9 Å². The molecule has 4 rings (SSSR count). The van der Waals surface area contributed by atoms with Gasteiger partial charge in [-0.3, -0.25) is 14.0 Å². The predicted molar refractivity (Wildman–Crippen MR) is 142 cm³/mol. The van der Waals surface area contributed by atoms with Crippen LogP contribution in [0.5, 0.6) is 0 Å². The minimum absolute atomic E-state index is 0. The van der Waals surface area contributed by atoms with Gasteiger partial charge < -0.3 is 15.1 Å². The molecule has 0 aromatic carbocycles. The maximum Gasteiger partial charge on any atom is 0.269 e. The van der Waals surface area contributed by atoms with E-state index in [9.17, 15) is 9.59 Å². The number of carbonyl (C=O) groups excluding carboxylic acids is 1. The van der Waals surface area contributed by atoms with Gasteiger partial charge in [-0.05, 0) is 38.6 Å². The number of hydrogen-bond acceptors (Lipinski definition) is 7. The van der Waals surface area contributed by atoms with Crippen molar-refractivity contribution in [2.75, 3.05) is 37.4 Å². The van der Waals surface area contributed by atoms with E-state index in [4.69, 9.17) is 0 Å². The van der Waals surface area contributed by atoms with Gasteiger partial charge in [-0.1, -0.05) is 27.7 Å². The summed E-state index contributed by atoms with van der Waals surface area (Å²) in [6.45, 7) is 9.70. The van der Waals surface area contributed by atoms with Crippen LogP contribution in [0.3, 0.4) is 0 Å². The van der Waals surface area contributed by atoms with E-state index >= 15 is 0 Å². The molecule has 0 radical (unpaired) electrons. The fourth-order valence-corrected chi connectivity index (χ4v) is 3.89. The Labute approximate surface area is 208 Å². The second-order valence-corrected chi connectivity index (χ2v) is 8.48. The van der Waals surface area contributed by atoms with Crippen LogP contribution in [0.25, 0.3) is 5.65 Å². The lowest BCUT2D eigenvalue weighted by molar-refractivity contribution is -0.117. The van der Waals surface area contributed by atoms with Crippen LogP contribution in [0.15, 0.2) is 35.5 Å². The highest BCUT2D eigenvalue weighted by molar-refractivity contribution is 7.59. The first kappa shape index (κ1) is 27.3. The molecule has 188 valence electrons. The fraction of sp³-hybridized carbons (Fsp3) is 0.522. The number of rotatable bonds is 6. The van der Waals surface area contributed by atoms with Crippen molar-refractivity contribution in [2.24, 2.45) is 0 Å². The van der Waals surface area contributed by atoms with E-state index in [0.29, 0.717) is 17.4 Å². The summed E-state index contributed by atoms with van der Waals surface area (Å²) >= 11 is 0. The minimum Gasteiger partial charge on any atom is -0.368 e. The average molecular weight is 491 g/mol. The first-order chi connectivity index (χ1) is 15.8. The number of anilines is 2. The lowest BCUT2D eigenvalue weighted by atomic mass is 10.1. The zero-order valence-corrected chi connectivity index (χ0v) is 21.8. The number of nitrogens with zero attached hydrogens (tertiary/aromatic N) is 7. The quantitative estimate of drug-likeness (QED) is 0.567. The van der Waals surface area contributed by atoms with Crippen molar-refractivity contribution >= 4 is 36.4 Å². The van der Waals surface area contributed by atoms with Crippen molar-refractivity contribution < 1.29 is 6.22 Å². The zero-order chi connectivity index (χ0) is 24.1. The van der Waals surface area contributed by atoms with Crippen LogP contribution in [0, 0.1) is 0 Å². The number of nitrogens with one attached hydrogen (secondary N) is 1. The third-order valence-corrected chi connectivity index (χ3v) is 5.65. The molecule has 11 heteroatoms. The zero-order valence-electron chi connectivity index (χ0n) is 20.8. The van der Waals surface area contributed by atoms with Gasteiger partial charge in [0.25, 0.3) is 5.56 Å². The maximum atomic E-state index is 12.8. The molecule has 1 atom stereocenters. The highest BCUT2D eigenvalue weighted by Crippen LogP contribution is 2.28. The molecular weight excluding hydrogens is 452 g/mol. The van der Waals surface area contributed by atoms with Gasteiger partial charge in [0.05, 0.1) is 17.1 Å². The molecule has 1 aliphatic rings. The van der Waals surface area contributed by atoms with Crippen LogP contribution >= 0.6 is 13.5 Å². The summed E-state index contributed by atoms with van der Waals surface area (Å²) in [5.41, 5.74) is 2.71. The van der Waals surface area contributed by atoms with Crippen LogP contribution in [0.1, 0.15) is 47.2 Å².